The van der Waals surface area contributed by atoms with Gasteiger partial charge < -0.3 is 10.1 Å². The van der Waals surface area contributed by atoms with Crippen LogP contribution in [0.1, 0.15) is 15.2 Å². The molecule has 0 atom stereocenters. The first kappa shape index (κ1) is 10.4. The van der Waals surface area contributed by atoms with Crippen LogP contribution in [0.3, 0.4) is 0 Å². The summed E-state index contributed by atoms with van der Waals surface area (Å²) in [4.78, 5) is 11.6. The number of thiophene rings is 1. The van der Waals surface area contributed by atoms with Gasteiger partial charge in [0.05, 0.1) is 19.3 Å². The number of fused-ring (bicyclic) bond motifs is 1. The molecule has 2 rings (SSSR count). The van der Waals surface area contributed by atoms with Crippen molar-refractivity contribution in [1.29, 1.82) is 0 Å². The molecule has 0 unspecified atom stereocenters. The van der Waals surface area contributed by atoms with Gasteiger partial charge in [-0.15, -0.1) is 11.3 Å². The van der Waals surface area contributed by atoms with Crippen LogP contribution in [-0.2, 0) is 11.2 Å². The molecule has 1 aromatic heterocycles. The van der Waals surface area contributed by atoms with Gasteiger partial charge in [-0.05, 0) is 10.9 Å². The van der Waals surface area contributed by atoms with Gasteiger partial charge in [0.1, 0.15) is 4.88 Å². The lowest BCUT2D eigenvalue weighted by Gasteiger charge is -2.23. The smallest absolute Gasteiger partial charge is 0.350 e. The van der Waals surface area contributed by atoms with Gasteiger partial charge in [0.15, 0.2) is 0 Å². The van der Waals surface area contributed by atoms with Crippen LogP contribution in [0.5, 0.6) is 0 Å². The molecule has 0 saturated heterocycles. The molecule has 0 saturated carbocycles. The van der Waals surface area contributed by atoms with E-state index in [1.165, 1.54) is 7.11 Å². The zero-order valence-corrected chi connectivity index (χ0v) is 8.79. The van der Waals surface area contributed by atoms with E-state index in [1.54, 1.807) is 5.38 Å². The summed E-state index contributed by atoms with van der Waals surface area (Å²) >= 11 is 1.13. The number of halogens is 2. The van der Waals surface area contributed by atoms with Gasteiger partial charge in [0.25, 0.3) is 5.92 Å². The monoisotopic (exact) mass is 233 g/mol. The molecule has 0 fully saturated rings. The number of hydrogen-bond acceptors (Lipinski definition) is 4. The van der Waals surface area contributed by atoms with Crippen LogP contribution in [0.4, 0.5) is 14.5 Å². The molecule has 0 bridgehead atoms. The van der Waals surface area contributed by atoms with Crippen LogP contribution in [0.25, 0.3) is 0 Å². The molecule has 1 aliphatic rings. The average molecular weight is 233 g/mol. The summed E-state index contributed by atoms with van der Waals surface area (Å²) in [6, 6.07) is 0. The number of rotatable bonds is 1. The Balaban J connectivity index is 2.34. The fraction of sp³-hybridized carbons (Fsp3) is 0.444. The maximum absolute atomic E-state index is 13.0. The summed E-state index contributed by atoms with van der Waals surface area (Å²) in [5, 5.41) is 4.15. The van der Waals surface area contributed by atoms with Crippen molar-refractivity contribution in [3.8, 4) is 0 Å². The van der Waals surface area contributed by atoms with Crippen molar-refractivity contribution in [1.82, 2.24) is 0 Å². The predicted octanol–water partition coefficient (Wildman–Crippen LogP) is 2.14. The molecular formula is C9H9F2NO2S. The molecule has 2 heterocycles. The maximum Gasteiger partial charge on any atom is 0.350 e. The highest BCUT2D eigenvalue weighted by molar-refractivity contribution is 7.12. The zero-order valence-electron chi connectivity index (χ0n) is 7.97. The summed E-state index contributed by atoms with van der Waals surface area (Å²) in [5.74, 6) is -3.22. The van der Waals surface area contributed by atoms with Crippen molar-refractivity contribution >= 4 is 23.0 Å². The second-order valence-electron chi connectivity index (χ2n) is 3.34. The second kappa shape index (κ2) is 3.44. The maximum atomic E-state index is 13.0. The number of hydrogen-bond donors (Lipinski definition) is 1. The van der Waals surface area contributed by atoms with Crippen molar-refractivity contribution in [2.45, 2.75) is 12.3 Å². The average Bonchev–Trinajstić information content (AvgIpc) is 2.57. The first-order chi connectivity index (χ1) is 7.03. The lowest BCUT2D eigenvalue weighted by molar-refractivity contribution is 0.0129. The van der Waals surface area contributed by atoms with Gasteiger partial charge >= 0.3 is 5.97 Å². The first-order valence-electron chi connectivity index (χ1n) is 4.34. The van der Waals surface area contributed by atoms with Gasteiger partial charge in [-0.25, -0.2) is 13.6 Å². The number of anilines is 1. The fourth-order valence-electron chi connectivity index (χ4n) is 1.52. The Morgan fingerprint density at radius 3 is 3.07 bits per heavy atom. The van der Waals surface area contributed by atoms with Gasteiger partial charge in [-0.1, -0.05) is 0 Å². The van der Waals surface area contributed by atoms with Crippen LogP contribution in [0.2, 0.25) is 0 Å². The van der Waals surface area contributed by atoms with Crippen LogP contribution in [-0.4, -0.2) is 25.5 Å². The Labute approximate surface area is 89.0 Å². The first-order valence-corrected chi connectivity index (χ1v) is 5.22. The Morgan fingerprint density at radius 1 is 1.67 bits per heavy atom. The zero-order chi connectivity index (χ0) is 11.1. The molecule has 0 aliphatic carbocycles. The van der Waals surface area contributed by atoms with Crippen LogP contribution in [0.15, 0.2) is 5.38 Å². The molecule has 0 amide bonds. The van der Waals surface area contributed by atoms with E-state index in [2.05, 4.69) is 10.1 Å². The fourth-order valence-corrected chi connectivity index (χ4v) is 2.48. The number of ether oxygens (including phenoxy) is 1. The van der Waals surface area contributed by atoms with E-state index in [0.717, 1.165) is 11.3 Å². The molecule has 1 N–H and O–H groups in total. The summed E-state index contributed by atoms with van der Waals surface area (Å²) in [5.41, 5.74) is 0.981. The van der Waals surface area contributed by atoms with Crippen molar-refractivity contribution < 1.29 is 18.3 Å². The molecule has 0 aromatic carbocycles. The highest BCUT2D eigenvalue weighted by atomic mass is 32.1. The van der Waals surface area contributed by atoms with Crippen LogP contribution >= 0.6 is 11.3 Å². The van der Waals surface area contributed by atoms with Gasteiger partial charge in [-0.2, -0.15) is 0 Å². The normalized spacial score (nSPS) is 17.8. The van der Waals surface area contributed by atoms with E-state index in [-0.39, 0.29) is 6.42 Å². The summed E-state index contributed by atoms with van der Waals surface area (Å²) in [6.45, 7) is -0.430. The summed E-state index contributed by atoms with van der Waals surface area (Å²) < 4.78 is 30.6. The van der Waals surface area contributed by atoms with Crippen molar-refractivity contribution in [2.75, 3.05) is 19.0 Å². The molecule has 0 radical (unpaired) electrons. The quantitative estimate of drug-likeness (QED) is 0.755. The molecular weight excluding hydrogens is 224 g/mol. The topological polar surface area (TPSA) is 38.3 Å². The largest absolute Gasteiger partial charge is 0.465 e. The number of esters is 1. The third kappa shape index (κ3) is 1.81. The van der Waals surface area contributed by atoms with Gasteiger partial charge in [0.2, 0.25) is 0 Å². The van der Waals surface area contributed by atoms with E-state index < -0.39 is 18.4 Å². The molecule has 15 heavy (non-hydrogen) atoms. The van der Waals surface area contributed by atoms with Gasteiger partial charge in [-0.3, -0.25) is 0 Å². The number of carbonyl (C=O) groups is 1. The lowest BCUT2D eigenvalue weighted by atomic mass is 10.0. The summed E-state index contributed by atoms with van der Waals surface area (Å²) in [7, 11) is 1.27. The van der Waals surface area contributed by atoms with Crippen LogP contribution < -0.4 is 5.32 Å². The summed E-state index contributed by atoms with van der Waals surface area (Å²) in [6.07, 6.45) is -0.317. The van der Waals surface area contributed by atoms with E-state index in [4.69, 9.17) is 0 Å². The minimum atomic E-state index is -2.73. The highest BCUT2D eigenvalue weighted by Crippen LogP contribution is 2.37. The number of alkyl halides is 2. The molecule has 3 nitrogen and oxygen atoms in total. The van der Waals surface area contributed by atoms with Gasteiger partial charge in [0, 0.05) is 6.42 Å². The Hall–Kier alpha value is -1.17. The predicted molar refractivity (Wildman–Crippen MR) is 52.8 cm³/mol. The molecule has 82 valence electrons. The van der Waals surface area contributed by atoms with Crippen LogP contribution in [0, 0.1) is 0 Å². The third-order valence-corrected chi connectivity index (χ3v) is 3.22. The highest BCUT2D eigenvalue weighted by Gasteiger charge is 2.36. The molecule has 1 aromatic rings. The van der Waals surface area contributed by atoms with E-state index in [0.29, 0.717) is 16.1 Å². The minimum absolute atomic E-state index is 0.317. The number of methoxy groups -OCH3 is 1. The molecule has 6 heteroatoms. The van der Waals surface area contributed by atoms with E-state index in [9.17, 15) is 13.6 Å². The van der Waals surface area contributed by atoms with E-state index in [1.807, 2.05) is 0 Å². The Morgan fingerprint density at radius 2 is 2.40 bits per heavy atom. The molecule has 0 spiro atoms. The molecule has 1 aliphatic heterocycles. The third-order valence-electron chi connectivity index (χ3n) is 2.21. The number of carbonyl (C=O) groups excluding carboxylic acids is 1. The lowest BCUT2D eigenvalue weighted by Crippen LogP contribution is -2.34. The van der Waals surface area contributed by atoms with Crippen molar-refractivity contribution in [2.24, 2.45) is 0 Å². The SMILES string of the molecule is COC(=O)c1scc2c1NCC(F)(F)C2. The Kier molecular flexibility index (Phi) is 2.38. The number of nitrogens with one attached hydrogen (secondary N) is 1. The van der Waals surface area contributed by atoms with Crippen molar-refractivity contribution in [3.63, 3.8) is 0 Å². The van der Waals surface area contributed by atoms with Crippen molar-refractivity contribution in [3.05, 3.63) is 15.8 Å². The standard InChI is InChI=1S/C9H9F2NO2S/c1-14-8(13)7-6-5(3-15-7)2-9(10,11)4-12-6/h3,12H,2,4H2,1H3. The minimum Gasteiger partial charge on any atom is -0.465 e. The Bertz CT molecular complexity index is 403. The second-order valence-corrected chi connectivity index (χ2v) is 4.22. The van der Waals surface area contributed by atoms with E-state index >= 15 is 0 Å².